The first-order valence-corrected chi connectivity index (χ1v) is 13.1. The number of aryl methyl sites for hydroxylation is 1. The number of aromatic nitrogens is 1. The van der Waals surface area contributed by atoms with E-state index in [2.05, 4.69) is 31.0 Å². The van der Waals surface area contributed by atoms with Crippen molar-refractivity contribution >= 4 is 43.8 Å². The number of carbonyl (C=O) groups is 1. The van der Waals surface area contributed by atoms with Gasteiger partial charge in [-0.3, -0.25) is 9.10 Å². The van der Waals surface area contributed by atoms with Crippen LogP contribution in [-0.2, 0) is 14.8 Å². The number of hydrogen-bond acceptors (Lipinski definition) is 5. The Morgan fingerprint density at radius 1 is 1.15 bits per heavy atom. The molecule has 0 aliphatic heterocycles. The van der Waals surface area contributed by atoms with Gasteiger partial charge >= 0.3 is 0 Å². The summed E-state index contributed by atoms with van der Waals surface area (Å²) in [6.07, 6.45) is 2.61. The van der Waals surface area contributed by atoms with Gasteiger partial charge in [0.15, 0.2) is 0 Å². The Kier molecular flexibility index (Phi) is 7.83. The van der Waals surface area contributed by atoms with Gasteiger partial charge < -0.3 is 9.30 Å². The average Bonchev–Trinajstić information content (AvgIpc) is 3.07. The van der Waals surface area contributed by atoms with E-state index >= 15 is 0 Å². The molecule has 0 spiro atoms. The second-order valence-electron chi connectivity index (χ2n) is 7.81. The van der Waals surface area contributed by atoms with Gasteiger partial charge in [-0.1, -0.05) is 15.9 Å². The van der Waals surface area contributed by atoms with Crippen LogP contribution in [0.1, 0.15) is 23.9 Å². The van der Waals surface area contributed by atoms with Crippen molar-refractivity contribution in [1.82, 2.24) is 9.99 Å². The lowest BCUT2D eigenvalue weighted by molar-refractivity contribution is -0.121. The summed E-state index contributed by atoms with van der Waals surface area (Å²) in [5, 5.41) is 4.08. The normalized spacial score (nSPS) is 12.5. The topological polar surface area (TPSA) is 93.0 Å². The van der Waals surface area contributed by atoms with Crippen LogP contribution >= 0.6 is 15.9 Å². The first-order valence-electron chi connectivity index (χ1n) is 10.4. The standard InChI is InChI=1S/C24H27BrN4O4S/c1-16-14-19(17(2)28(16)21-8-6-20(25)7-9-21)15-26-27-24(30)18(3)29(34(5,31)32)22-10-12-23(33-4)13-11-22/h6-15,18H,1-5H3,(H,27,30)/b26-15-/t18-/m0/s1. The Morgan fingerprint density at radius 2 is 1.76 bits per heavy atom. The van der Waals surface area contributed by atoms with Gasteiger partial charge in [-0.15, -0.1) is 0 Å². The zero-order valence-electron chi connectivity index (χ0n) is 19.6. The molecule has 8 nitrogen and oxygen atoms in total. The number of methoxy groups -OCH3 is 1. The second kappa shape index (κ2) is 10.4. The van der Waals surface area contributed by atoms with E-state index in [1.165, 1.54) is 14.0 Å². The Hall–Kier alpha value is -3.11. The maximum Gasteiger partial charge on any atom is 0.263 e. The van der Waals surface area contributed by atoms with Gasteiger partial charge in [-0.25, -0.2) is 13.8 Å². The molecule has 1 atom stereocenters. The molecule has 0 radical (unpaired) electrons. The van der Waals surface area contributed by atoms with E-state index in [0.717, 1.165) is 37.7 Å². The van der Waals surface area contributed by atoms with Crippen LogP contribution in [0.15, 0.2) is 64.2 Å². The first-order chi connectivity index (χ1) is 16.0. The van der Waals surface area contributed by atoms with Crippen LogP contribution in [0, 0.1) is 13.8 Å². The maximum atomic E-state index is 12.8. The predicted octanol–water partition coefficient (Wildman–Crippen LogP) is 4.17. The van der Waals surface area contributed by atoms with Crippen LogP contribution in [-0.4, -0.2) is 44.5 Å². The highest BCUT2D eigenvalue weighted by Crippen LogP contribution is 2.24. The minimum atomic E-state index is -3.73. The predicted molar refractivity (Wildman–Crippen MR) is 138 cm³/mol. The second-order valence-corrected chi connectivity index (χ2v) is 10.6. The highest BCUT2D eigenvalue weighted by atomic mass is 79.9. The molecular weight excluding hydrogens is 520 g/mol. The molecular formula is C24H27BrN4O4S. The molecule has 0 saturated heterocycles. The Morgan fingerprint density at radius 3 is 2.32 bits per heavy atom. The number of ether oxygens (including phenoxy) is 1. The zero-order valence-corrected chi connectivity index (χ0v) is 22.0. The fourth-order valence-electron chi connectivity index (χ4n) is 3.70. The van der Waals surface area contributed by atoms with Crippen LogP contribution in [0.4, 0.5) is 5.69 Å². The van der Waals surface area contributed by atoms with Crippen molar-refractivity contribution in [1.29, 1.82) is 0 Å². The fraction of sp³-hybridized carbons (Fsp3) is 0.250. The lowest BCUT2D eigenvalue weighted by atomic mass is 10.2. The van der Waals surface area contributed by atoms with Crippen molar-refractivity contribution in [2.45, 2.75) is 26.8 Å². The van der Waals surface area contributed by atoms with Crippen LogP contribution in [0.25, 0.3) is 5.69 Å². The van der Waals surface area contributed by atoms with Crippen LogP contribution in [0.2, 0.25) is 0 Å². The summed E-state index contributed by atoms with van der Waals surface area (Å²) < 4.78 is 34.1. The largest absolute Gasteiger partial charge is 0.497 e. The maximum absolute atomic E-state index is 12.8. The van der Waals surface area contributed by atoms with E-state index in [0.29, 0.717) is 11.4 Å². The molecule has 10 heteroatoms. The summed E-state index contributed by atoms with van der Waals surface area (Å²) in [7, 11) is -2.21. The van der Waals surface area contributed by atoms with E-state index in [-0.39, 0.29) is 0 Å². The van der Waals surface area contributed by atoms with Gasteiger partial charge in [0.2, 0.25) is 10.0 Å². The molecule has 1 N–H and O–H groups in total. The number of sulfonamides is 1. The number of benzene rings is 2. The van der Waals surface area contributed by atoms with Gasteiger partial charge in [0.25, 0.3) is 5.91 Å². The van der Waals surface area contributed by atoms with Gasteiger partial charge in [0.1, 0.15) is 11.8 Å². The number of hydrogen-bond donors (Lipinski definition) is 1. The summed E-state index contributed by atoms with van der Waals surface area (Å²) in [6.45, 7) is 5.47. The van der Waals surface area contributed by atoms with Crippen molar-refractivity contribution < 1.29 is 17.9 Å². The summed E-state index contributed by atoms with van der Waals surface area (Å²) >= 11 is 3.45. The zero-order chi connectivity index (χ0) is 25.0. The lowest BCUT2D eigenvalue weighted by Crippen LogP contribution is -2.46. The molecule has 1 heterocycles. The van der Waals surface area contributed by atoms with Crippen molar-refractivity contribution in [2.75, 3.05) is 17.7 Å². The molecule has 3 aromatic rings. The number of amides is 1. The van der Waals surface area contributed by atoms with Crippen LogP contribution in [0.5, 0.6) is 5.75 Å². The number of hydrazone groups is 1. The highest BCUT2D eigenvalue weighted by Gasteiger charge is 2.29. The molecule has 0 unspecified atom stereocenters. The van der Waals surface area contributed by atoms with E-state index in [1.54, 1.807) is 30.5 Å². The Labute approximate surface area is 208 Å². The number of halogens is 1. The number of rotatable bonds is 8. The van der Waals surface area contributed by atoms with E-state index in [9.17, 15) is 13.2 Å². The molecule has 0 bridgehead atoms. The molecule has 0 saturated carbocycles. The number of carbonyl (C=O) groups excluding carboxylic acids is 1. The third kappa shape index (κ3) is 5.68. The van der Waals surface area contributed by atoms with Crippen molar-refractivity contribution in [2.24, 2.45) is 5.10 Å². The molecule has 0 aliphatic rings. The smallest absolute Gasteiger partial charge is 0.263 e. The monoisotopic (exact) mass is 546 g/mol. The van der Waals surface area contributed by atoms with Crippen molar-refractivity contribution in [3.8, 4) is 11.4 Å². The minimum absolute atomic E-state index is 0.355. The van der Waals surface area contributed by atoms with Gasteiger partial charge in [-0.05, 0) is 75.4 Å². The molecule has 180 valence electrons. The van der Waals surface area contributed by atoms with Gasteiger partial charge in [0.05, 0.1) is 25.3 Å². The first kappa shape index (κ1) is 25.5. The SMILES string of the molecule is COc1ccc(N([C@@H](C)C(=O)N/N=C\c2cc(C)n(-c3ccc(Br)cc3)c2C)S(C)(=O)=O)cc1. The van der Waals surface area contributed by atoms with Gasteiger partial charge in [-0.2, -0.15) is 5.10 Å². The molecule has 34 heavy (non-hydrogen) atoms. The third-order valence-electron chi connectivity index (χ3n) is 5.35. The number of anilines is 1. The van der Waals surface area contributed by atoms with E-state index < -0.39 is 22.0 Å². The van der Waals surface area contributed by atoms with Crippen molar-refractivity contribution in [3.05, 3.63) is 76.0 Å². The van der Waals surface area contributed by atoms with Crippen LogP contribution in [0.3, 0.4) is 0 Å². The molecule has 0 fully saturated rings. The Bertz CT molecular complexity index is 1300. The summed E-state index contributed by atoms with van der Waals surface area (Å²) in [4.78, 5) is 12.8. The van der Waals surface area contributed by atoms with Gasteiger partial charge in [0, 0.05) is 27.1 Å². The molecule has 2 aromatic carbocycles. The molecule has 3 rings (SSSR count). The lowest BCUT2D eigenvalue weighted by Gasteiger charge is -2.27. The quantitative estimate of drug-likeness (QED) is 0.339. The Balaban J connectivity index is 1.78. The van der Waals surface area contributed by atoms with Crippen LogP contribution < -0.4 is 14.5 Å². The molecule has 0 aliphatic carbocycles. The summed E-state index contributed by atoms with van der Waals surface area (Å²) in [5.74, 6) is 0.0267. The summed E-state index contributed by atoms with van der Waals surface area (Å²) in [5.41, 5.74) is 6.64. The third-order valence-corrected chi connectivity index (χ3v) is 7.12. The number of nitrogens with one attached hydrogen (secondary N) is 1. The molecule has 1 amide bonds. The minimum Gasteiger partial charge on any atom is -0.497 e. The highest BCUT2D eigenvalue weighted by molar-refractivity contribution is 9.10. The molecule has 1 aromatic heterocycles. The van der Waals surface area contributed by atoms with E-state index in [1.807, 2.05) is 44.2 Å². The fourth-order valence-corrected chi connectivity index (χ4v) is 5.14. The average molecular weight is 547 g/mol. The summed E-state index contributed by atoms with van der Waals surface area (Å²) in [6, 6.07) is 15.4. The van der Waals surface area contributed by atoms with Crippen molar-refractivity contribution in [3.63, 3.8) is 0 Å². The number of nitrogens with zero attached hydrogens (tertiary/aromatic N) is 3. The van der Waals surface area contributed by atoms with E-state index in [4.69, 9.17) is 4.74 Å².